The van der Waals surface area contributed by atoms with E-state index in [4.69, 9.17) is 10.5 Å². The third-order valence-corrected chi connectivity index (χ3v) is 8.80. The van der Waals surface area contributed by atoms with Crippen molar-refractivity contribution in [3.63, 3.8) is 0 Å². The topological polar surface area (TPSA) is 118 Å². The molecule has 2 atom stereocenters. The van der Waals surface area contributed by atoms with E-state index in [0.717, 1.165) is 26.4 Å². The van der Waals surface area contributed by atoms with Gasteiger partial charge in [0, 0.05) is 29.0 Å². The molecule has 0 aliphatic carbocycles. The van der Waals surface area contributed by atoms with Crippen LogP contribution < -0.4 is 25.6 Å². The number of nitrogens with zero attached hydrogens (tertiary/aromatic N) is 3. The average molecular weight is 631 g/mol. The van der Waals surface area contributed by atoms with Gasteiger partial charge in [-0.2, -0.15) is 0 Å². The Balaban J connectivity index is 1.69. The molecule has 0 spiro atoms. The van der Waals surface area contributed by atoms with E-state index in [0.29, 0.717) is 17.1 Å². The van der Waals surface area contributed by atoms with Gasteiger partial charge >= 0.3 is 0 Å². The summed E-state index contributed by atoms with van der Waals surface area (Å²) in [7, 11) is 3.18. The molecule has 0 saturated carbocycles. The number of para-hydroxylation sites is 2. The van der Waals surface area contributed by atoms with Crippen molar-refractivity contribution in [3.8, 4) is 5.75 Å². The number of pyridine rings is 1. The van der Waals surface area contributed by atoms with Gasteiger partial charge in [0.2, 0.25) is 17.7 Å². The standard InChI is InChI=1S/C32H32BrN5O4/c1-32(35-2,31(34)41)24-19-37(29(39)16-20-8-7-15-36-17-20)26-11-4-5-12-27(26)38(30(24)40)18-23-21-9-6-10-25(33)22(21)13-14-28(23)42-3/h4-15,17,24,35H,16,18-19H2,1-3H3,(H2,34,41)/t24-,32?/m1/s1. The second-order valence-corrected chi connectivity index (χ2v) is 11.3. The van der Waals surface area contributed by atoms with Gasteiger partial charge in [0.25, 0.3) is 0 Å². The number of carbonyl (C=O) groups excluding carboxylic acids is 3. The minimum atomic E-state index is -1.45. The van der Waals surface area contributed by atoms with Crippen LogP contribution in [0.15, 0.2) is 83.6 Å². The van der Waals surface area contributed by atoms with Crippen LogP contribution in [0.2, 0.25) is 0 Å². The molecule has 4 aromatic rings. The van der Waals surface area contributed by atoms with Crippen molar-refractivity contribution >= 4 is 55.8 Å². The zero-order valence-electron chi connectivity index (χ0n) is 23.6. The Morgan fingerprint density at radius 2 is 1.83 bits per heavy atom. The minimum absolute atomic E-state index is 0.0516. The zero-order valence-corrected chi connectivity index (χ0v) is 25.2. The predicted octanol–water partition coefficient (Wildman–Crippen LogP) is 4.21. The monoisotopic (exact) mass is 629 g/mol. The summed E-state index contributed by atoms with van der Waals surface area (Å²) in [5.74, 6) is -1.66. The number of hydrogen-bond acceptors (Lipinski definition) is 6. The Morgan fingerprint density at radius 1 is 1.07 bits per heavy atom. The number of fused-ring (bicyclic) bond motifs is 2. The molecular formula is C32H32BrN5O4. The second kappa shape index (κ2) is 11.9. The molecule has 216 valence electrons. The van der Waals surface area contributed by atoms with Crippen LogP contribution in [0.25, 0.3) is 10.8 Å². The Bertz CT molecular complexity index is 1660. The second-order valence-electron chi connectivity index (χ2n) is 10.4. The first-order chi connectivity index (χ1) is 20.2. The van der Waals surface area contributed by atoms with E-state index < -0.39 is 17.4 Å². The minimum Gasteiger partial charge on any atom is -0.496 e. The van der Waals surface area contributed by atoms with Crippen molar-refractivity contribution < 1.29 is 19.1 Å². The lowest BCUT2D eigenvalue weighted by Crippen LogP contribution is -2.63. The largest absolute Gasteiger partial charge is 0.496 e. The normalized spacial score (nSPS) is 16.5. The maximum absolute atomic E-state index is 14.6. The Morgan fingerprint density at radius 3 is 2.50 bits per heavy atom. The number of nitrogens with one attached hydrogen (secondary N) is 1. The van der Waals surface area contributed by atoms with E-state index in [1.807, 2.05) is 60.7 Å². The van der Waals surface area contributed by atoms with Gasteiger partial charge in [-0.3, -0.25) is 19.4 Å². The van der Waals surface area contributed by atoms with Gasteiger partial charge in [0.1, 0.15) is 11.3 Å². The van der Waals surface area contributed by atoms with E-state index in [-0.39, 0.29) is 31.3 Å². The Labute approximate surface area is 252 Å². The van der Waals surface area contributed by atoms with Crippen molar-refractivity contribution in [2.45, 2.75) is 25.4 Å². The molecule has 9 nitrogen and oxygen atoms in total. The quantitative estimate of drug-likeness (QED) is 0.301. The van der Waals surface area contributed by atoms with Crippen LogP contribution in [-0.4, -0.2) is 48.9 Å². The van der Waals surface area contributed by atoms with Crippen molar-refractivity contribution in [2.75, 3.05) is 30.5 Å². The maximum atomic E-state index is 14.6. The maximum Gasteiger partial charge on any atom is 0.238 e. The van der Waals surface area contributed by atoms with Crippen LogP contribution in [0.3, 0.4) is 0 Å². The molecule has 0 radical (unpaired) electrons. The highest BCUT2D eigenvalue weighted by Crippen LogP contribution is 2.40. The lowest BCUT2D eigenvalue weighted by atomic mass is 9.83. The number of likely N-dealkylation sites (N-methyl/N-ethyl adjacent to an activating group) is 1. The van der Waals surface area contributed by atoms with Crippen molar-refractivity contribution in [2.24, 2.45) is 11.7 Å². The van der Waals surface area contributed by atoms with E-state index in [2.05, 4.69) is 26.2 Å². The lowest BCUT2D eigenvalue weighted by Gasteiger charge is -2.36. The number of halogens is 1. The fourth-order valence-electron chi connectivity index (χ4n) is 5.53. The molecule has 1 aliphatic heterocycles. The van der Waals surface area contributed by atoms with E-state index in [1.165, 1.54) is 0 Å². The number of aromatic nitrogens is 1. The van der Waals surface area contributed by atoms with E-state index >= 15 is 0 Å². The van der Waals surface area contributed by atoms with Gasteiger partial charge in [-0.1, -0.05) is 46.3 Å². The molecule has 5 rings (SSSR count). The molecule has 3 N–H and O–H groups in total. The fourth-order valence-corrected chi connectivity index (χ4v) is 6.03. The molecule has 3 aromatic carbocycles. The number of carbonyl (C=O) groups is 3. The first-order valence-electron chi connectivity index (χ1n) is 13.5. The molecular weight excluding hydrogens is 598 g/mol. The van der Waals surface area contributed by atoms with Crippen molar-refractivity contribution in [3.05, 3.63) is 94.7 Å². The number of rotatable bonds is 8. The van der Waals surface area contributed by atoms with Crippen molar-refractivity contribution in [1.82, 2.24) is 10.3 Å². The molecule has 0 bridgehead atoms. The number of nitrogens with two attached hydrogens (primary N) is 1. The number of primary amides is 1. The molecule has 3 amide bonds. The van der Waals surface area contributed by atoms with E-state index in [9.17, 15) is 14.4 Å². The summed E-state index contributed by atoms with van der Waals surface area (Å²) >= 11 is 3.64. The number of methoxy groups -OCH3 is 1. The van der Waals surface area contributed by atoms with Gasteiger partial charge in [0.05, 0.1) is 37.4 Å². The van der Waals surface area contributed by atoms with Gasteiger partial charge in [-0.15, -0.1) is 0 Å². The summed E-state index contributed by atoms with van der Waals surface area (Å²) in [5, 5.41) is 4.86. The Kier molecular flexibility index (Phi) is 8.29. The fraction of sp³-hybridized carbons (Fsp3) is 0.250. The summed E-state index contributed by atoms with van der Waals surface area (Å²) in [4.78, 5) is 48.8. The number of hydrogen-bond donors (Lipinski definition) is 2. The molecule has 0 fully saturated rings. The number of ether oxygens (including phenoxy) is 1. The third-order valence-electron chi connectivity index (χ3n) is 8.11. The number of benzene rings is 3. The number of amides is 3. The summed E-state index contributed by atoms with van der Waals surface area (Å²) in [6, 6.07) is 20.6. The molecule has 1 aromatic heterocycles. The molecule has 2 heterocycles. The van der Waals surface area contributed by atoms with Crippen LogP contribution in [0.5, 0.6) is 5.75 Å². The van der Waals surface area contributed by atoms with Gasteiger partial charge < -0.3 is 25.6 Å². The van der Waals surface area contributed by atoms with Gasteiger partial charge in [-0.05, 0) is 66.7 Å². The van der Waals surface area contributed by atoms with Crippen LogP contribution in [0.1, 0.15) is 18.1 Å². The van der Waals surface area contributed by atoms with Crippen LogP contribution in [0, 0.1) is 5.92 Å². The Hall–Kier alpha value is -4.28. The summed E-state index contributed by atoms with van der Waals surface area (Å²) in [6.45, 7) is 1.68. The molecule has 10 heteroatoms. The summed E-state index contributed by atoms with van der Waals surface area (Å²) < 4.78 is 6.67. The van der Waals surface area contributed by atoms with Crippen LogP contribution >= 0.6 is 15.9 Å². The highest BCUT2D eigenvalue weighted by Gasteiger charge is 2.48. The first kappa shape index (κ1) is 29.2. The summed E-state index contributed by atoms with van der Waals surface area (Å²) in [5.41, 5.74) is 7.08. The first-order valence-corrected chi connectivity index (χ1v) is 14.3. The smallest absolute Gasteiger partial charge is 0.238 e. The molecule has 1 unspecified atom stereocenters. The van der Waals surface area contributed by atoms with Gasteiger partial charge in [0.15, 0.2) is 0 Å². The predicted molar refractivity (Wildman–Crippen MR) is 166 cm³/mol. The summed E-state index contributed by atoms with van der Waals surface area (Å²) in [6.07, 6.45) is 3.36. The van der Waals surface area contributed by atoms with Crippen LogP contribution in [-0.2, 0) is 27.3 Å². The average Bonchev–Trinajstić information content (AvgIpc) is 3.12. The highest BCUT2D eigenvalue weighted by atomic mass is 79.9. The number of anilines is 2. The molecule has 42 heavy (non-hydrogen) atoms. The molecule has 0 saturated heterocycles. The molecule has 1 aliphatic rings. The SMILES string of the molecule is CNC(C)(C(N)=O)[C@@H]1CN(C(=O)Cc2cccnc2)c2ccccc2N(Cc2c(OC)ccc3c(Br)cccc23)C1=O. The highest BCUT2D eigenvalue weighted by molar-refractivity contribution is 9.10. The third kappa shape index (κ3) is 5.23. The van der Waals surface area contributed by atoms with Crippen molar-refractivity contribution in [1.29, 1.82) is 0 Å². The zero-order chi connectivity index (χ0) is 30.0. The lowest BCUT2D eigenvalue weighted by molar-refractivity contribution is -0.133. The van der Waals surface area contributed by atoms with Gasteiger partial charge in [-0.25, -0.2) is 0 Å². The van der Waals surface area contributed by atoms with E-state index in [1.54, 1.807) is 49.3 Å². The van der Waals surface area contributed by atoms with Crippen LogP contribution in [0.4, 0.5) is 11.4 Å².